The summed E-state index contributed by atoms with van der Waals surface area (Å²) in [6.07, 6.45) is 0. The van der Waals surface area contributed by atoms with Gasteiger partial charge in [0, 0.05) is 21.7 Å². The van der Waals surface area contributed by atoms with E-state index in [1.807, 2.05) is 42.5 Å². The van der Waals surface area contributed by atoms with Gasteiger partial charge in [-0.15, -0.1) is 11.3 Å². The summed E-state index contributed by atoms with van der Waals surface area (Å²) in [4.78, 5) is 4.65. The highest BCUT2D eigenvalue weighted by Gasteiger charge is 2.13. The highest BCUT2D eigenvalue weighted by Crippen LogP contribution is 2.23. The Hall–Kier alpha value is -2.08. The lowest BCUT2D eigenvalue weighted by molar-refractivity contribution is -0.708. The van der Waals surface area contributed by atoms with Crippen LogP contribution in [0.5, 0.6) is 5.75 Å². The fraction of sp³-hybridized carbons (Fsp3) is 0.211. The molecule has 3 N–H and O–H groups in total. The number of hydrogen-bond donors (Lipinski definition) is 2. The average Bonchev–Trinajstić information content (AvgIpc) is 3.08. The molecule has 0 aliphatic rings. The normalized spacial score (nSPS) is 12.0. The van der Waals surface area contributed by atoms with E-state index in [2.05, 4.69) is 34.0 Å². The SMILES string of the molecule is COc1ccc(Nc2nc(C[NH2+][C@H](C)c3ccccc3Cl)cs2)cc1. The molecule has 0 amide bonds. The van der Waals surface area contributed by atoms with Gasteiger partial charge in [0.15, 0.2) is 5.13 Å². The molecule has 0 aliphatic heterocycles. The number of benzene rings is 2. The number of anilines is 2. The third kappa shape index (κ3) is 4.72. The number of halogens is 1. The van der Waals surface area contributed by atoms with Crippen LogP contribution in [-0.2, 0) is 6.54 Å². The molecule has 0 aliphatic carbocycles. The molecule has 0 fully saturated rings. The second-order valence-electron chi connectivity index (χ2n) is 5.75. The Balaban J connectivity index is 1.57. The van der Waals surface area contributed by atoms with E-state index in [1.165, 1.54) is 0 Å². The molecule has 0 spiro atoms. The molecule has 0 saturated heterocycles. The van der Waals surface area contributed by atoms with Crippen LogP contribution in [0.2, 0.25) is 5.02 Å². The van der Waals surface area contributed by atoms with Gasteiger partial charge >= 0.3 is 0 Å². The zero-order valence-electron chi connectivity index (χ0n) is 14.2. The predicted molar refractivity (Wildman–Crippen MR) is 104 cm³/mol. The van der Waals surface area contributed by atoms with E-state index < -0.39 is 0 Å². The summed E-state index contributed by atoms with van der Waals surface area (Å²) in [6, 6.07) is 16.1. The molecule has 4 nitrogen and oxygen atoms in total. The number of nitrogens with one attached hydrogen (secondary N) is 1. The Morgan fingerprint density at radius 1 is 1.20 bits per heavy atom. The van der Waals surface area contributed by atoms with E-state index in [-0.39, 0.29) is 6.04 Å². The second-order valence-corrected chi connectivity index (χ2v) is 7.01. The van der Waals surface area contributed by atoms with Crippen molar-refractivity contribution in [3.8, 4) is 5.75 Å². The van der Waals surface area contributed by atoms with Crippen molar-refractivity contribution in [2.75, 3.05) is 12.4 Å². The molecule has 2 aromatic carbocycles. The first-order valence-electron chi connectivity index (χ1n) is 8.09. The van der Waals surface area contributed by atoms with Gasteiger partial charge in [-0.2, -0.15) is 0 Å². The first kappa shape index (κ1) is 17.7. The van der Waals surface area contributed by atoms with Crippen LogP contribution in [-0.4, -0.2) is 12.1 Å². The van der Waals surface area contributed by atoms with Gasteiger partial charge in [0.1, 0.15) is 24.0 Å². The summed E-state index contributed by atoms with van der Waals surface area (Å²) in [5, 5.41) is 9.35. The van der Waals surface area contributed by atoms with E-state index in [1.54, 1.807) is 18.4 Å². The smallest absolute Gasteiger partial charge is 0.187 e. The molecule has 25 heavy (non-hydrogen) atoms. The van der Waals surface area contributed by atoms with E-state index >= 15 is 0 Å². The van der Waals surface area contributed by atoms with E-state index in [0.717, 1.165) is 39.4 Å². The number of hydrogen-bond acceptors (Lipinski definition) is 4. The van der Waals surface area contributed by atoms with Gasteiger partial charge in [-0.05, 0) is 37.3 Å². The maximum absolute atomic E-state index is 6.26. The molecule has 3 aromatic rings. The van der Waals surface area contributed by atoms with Crippen LogP contribution in [0.3, 0.4) is 0 Å². The summed E-state index contributed by atoms with van der Waals surface area (Å²) in [7, 11) is 1.66. The van der Waals surface area contributed by atoms with Crippen LogP contribution in [0.4, 0.5) is 10.8 Å². The fourth-order valence-corrected chi connectivity index (χ4v) is 3.58. The van der Waals surface area contributed by atoms with Crippen molar-refractivity contribution in [1.29, 1.82) is 0 Å². The Morgan fingerprint density at radius 3 is 2.68 bits per heavy atom. The van der Waals surface area contributed by atoms with Crippen LogP contribution in [0, 0.1) is 0 Å². The van der Waals surface area contributed by atoms with Crippen LogP contribution < -0.4 is 15.4 Å². The predicted octanol–water partition coefficient (Wildman–Crippen LogP) is 4.37. The van der Waals surface area contributed by atoms with Crippen LogP contribution in [0.25, 0.3) is 0 Å². The Bertz CT molecular complexity index is 820. The molecule has 6 heteroatoms. The van der Waals surface area contributed by atoms with Gasteiger partial charge in [0.25, 0.3) is 0 Å². The van der Waals surface area contributed by atoms with Gasteiger partial charge in [0.2, 0.25) is 0 Å². The van der Waals surface area contributed by atoms with Crippen LogP contribution in [0.1, 0.15) is 24.2 Å². The number of nitrogens with zero attached hydrogens (tertiary/aromatic N) is 1. The molecule has 0 bridgehead atoms. The number of ether oxygens (including phenoxy) is 1. The molecule has 0 radical (unpaired) electrons. The van der Waals surface area contributed by atoms with Gasteiger partial charge < -0.3 is 15.4 Å². The lowest BCUT2D eigenvalue weighted by atomic mass is 10.1. The van der Waals surface area contributed by atoms with Gasteiger partial charge in [0.05, 0.1) is 7.11 Å². The minimum atomic E-state index is 0.286. The van der Waals surface area contributed by atoms with Crippen molar-refractivity contribution in [3.05, 3.63) is 70.2 Å². The average molecular weight is 375 g/mol. The zero-order chi connectivity index (χ0) is 17.6. The fourth-order valence-electron chi connectivity index (χ4n) is 2.52. The van der Waals surface area contributed by atoms with Crippen molar-refractivity contribution in [3.63, 3.8) is 0 Å². The Labute approximate surface area is 156 Å². The van der Waals surface area contributed by atoms with Crippen molar-refractivity contribution in [2.45, 2.75) is 19.5 Å². The van der Waals surface area contributed by atoms with Gasteiger partial charge in [-0.1, -0.05) is 29.8 Å². The Morgan fingerprint density at radius 2 is 1.96 bits per heavy atom. The number of thiazole rings is 1. The molecular formula is C19H21ClN3OS+. The first-order valence-corrected chi connectivity index (χ1v) is 9.34. The third-order valence-electron chi connectivity index (χ3n) is 3.97. The highest BCUT2D eigenvalue weighted by molar-refractivity contribution is 7.13. The second kappa shape index (κ2) is 8.34. The molecule has 0 unspecified atom stereocenters. The van der Waals surface area contributed by atoms with Crippen molar-refractivity contribution in [1.82, 2.24) is 4.98 Å². The minimum Gasteiger partial charge on any atom is -0.497 e. The first-order chi connectivity index (χ1) is 12.2. The summed E-state index contributed by atoms with van der Waals surface area (Å²) in [5.74, 6) is 0.841. The van der Waals surface area contributed by atoms with Crippen molar-refractivity contribution in [2.24, 2.45) is 0 Å². The molecule has 3 rings (SSSR count). The zero-order valence-corrected chi connectivity index (χ0v) is 15.8. The van der Waals surface area contributed by atoms with Crippen molar-refractivity contribution >= 4 is 33.8 Å². The van der Waals surface area contributed by atoms with Crippen LogP contribution in [0.15, 0.2) is 53.9 Å². The molecule has 0 saturated carbocycles. The monoisotopic (exact) mass is 374 g/mol. The molecule has 1 aromatic heterocycles. The standard InChI is InChI=1S/C19H20ClN3OS/c1-13(17-5-3-4-6-18(17)20)21-11-15-12-25-19(23-15)22-14-7-9-16(24-2)10-8-14/h3-10,12-13,21H,11H2,1-2H3,(H,22,23)/p+1/t13-/m1/s1. The lowest BCUT2D eigenvalue weighted by Crippen LogP contribution is -2.83. The Kier molecular flexibility index (Phi) is 5.91. The maximum Gasteiger partial charge on any atom is 0.187 e. The van der Waals surface area contributed by atoms with Crippen molar-refractivity contribution < 1.29 is 10.1 Å². The summed E-state index contributed by atoms with van der Waals surface area (Å²) in [6.45, 7) is 2.97. The number of nitrogens with two attached hydrogens (primary N) is 1. The van der Waals surface area contributed by atoms with E-state index in [9.17, 15) is 0 Å². The summed E-state index contributed by atoms with van der Waals surface area (Å²) in [5.41, 5.74) is 3.20. The van der Waals surface area contributed by atoms with Gasteiger partial charge in [-0.3, -0.25) is 0 Å². The topological polar surface area (TPSA) is 50.8 Å². The maximum atomic E-state index is 6.26. The number of aromatic nitrogens is 1. The van der Waals surface area contributed by atoms with E-state index in [4.69, 9.17) is 16.3 Å². The summed E-state index contributed by atoms with van der Waals surface area (Å²) >= 11 is 7.87. The number of rotatable bonds is 7. The van der Waals surface area contributed by atoms with E-state index in [0.29, 0.717) is 0 Å². The molecule has 130 valence electrons. The highest BCUT2D eigenvalue weighted by atomic mass is 35.5. The number of quaternary nitrogens is 1. The lowest BCUT2D eigenvalue weighted by Gasteiger charge is -2.11. The third-order valence-corrected chi connectivity index (χ3v) is 5.12. The summed E-state index contributed by atoms with van der Waals surface area (Å²) < 4.78 is 5.17. The quantitative estimate of drug-likeness (QED) is 0.645. The largest absolute Gasteiger partial charge is 0.497 e. The minimum absolute atomic E-state index is 0.286. The molecular weight excluding hydrogens is 354 g/mol. The molecule has 1 heterocycles. The number of methoxy groups -OCH3 is 1. The van der Waals surface area contributed by atoms with Crippen LogP contribution >= 0.6 is 22.9 Å². The van der Waals surface area contributed by atoms with Gasteiger partial charge in [-0.25, -0.2) is 4.98 Å². The molecule has 1 atom stereocenters.